The number of phenols is 1. The van der Waals surface area contributed by atoms with Crippen LogP contribution in [0.3, 0.4) is 0 Å². The Morgan fingerprint density at radius 2 is 1.89 bits per heavy atom. The van der Waals surface area contributed by atoms with Gasteiger partial charge in [0.15, 0.2) is 0 Å². The molecule has 0 unspecified atom stereocenters. The van der Waals surface area contributed by atoms with E-state index in [0.29, 0.717) is 32.9 Å². The molecule has 2 aromatic carbocycles. The SMILES string of the molecule is COc1cc(Cl)c(OC)c2c(O)cc(CO)cc12. The van der Waals surface area contributed by atoms with Gasteiger partial charge in [-0.25, -0.2) is 0 Å². The molecule has 0 saturated heterocycles. The number of aliphatic hydroxyl groups excluding tert-OH is 1. The molecule has 0 aliphatic rings. The lowest BCUT2D eigenvalue weighted by Gasteiger charge is -2.14. The zero-order valence-electron chi connectivity index (χ0n) is 10.0. The van der Waals surface area contributed by atoms with Crippen molar-refractivity contribution in [2.45, 2.75) is 6.61 Å². The Morgan fingerprint density at radius 3 is 2.44 bits per heavy atom. The van der Waals surface area contributed by atoms with Gasteiger partial charge in [0, 0.05) is 11.5 Å². The van der Waals surface area contributed by atoms with Crippen LogP contribution in [-0.2, 0) is 6.61 Å². The highest BCUT2D eigenvalue weighted by atomic mass is 35.5. The summed E-state index contributed by atoms with van der Waals surface area (Å²) in [6, 6.07) is 4.82. The van der Waals surface area contributed by atoms with E-state index in [2.05, 4.69) is 0 Å². The molecule has 2 N–H and O–H groups in total. The Labute approximate surface area is 109 Å². The standard InChI is InChI=1S/C13H13ClO4/c1-17-11-5-9(14)13(18-2)12-8(11)3-7(6-15)4-10(12)16/h3-5,15-16H,6H2,1-2H3. The first-order chi connectivity index (χ1) is 8.62. The van der Waals surface area contributed by atoms with Crippen molar-refractivity contribution in [2.24, 2.45) is 0 Å². The maximum absolute atomic E-state index is 10.0. The van der Waals surface area contributed by atoms with Crippen LogP contribution in [0.4, 0.5) is 0 Å². The van der Waals surface area contributed by atoms with Crippen LogP contribution in [0.2, 0.25) is 5.02 Å². The van der Waals surface area contributed by atoms with Gasteiger partial charge in [-0.1, -0.05) is 11.6 Å². The predicted molar refractivity (Wildman–Crippen MR) is 69.6 cm³/mol. The second-order valence-electron chi connectivity index (χ2n) is 3.79. The number of fused-ring (bicyclic) bond motifs is 1. The number of hydrogen-bond acceptors (Lipinski definition) is 4. The normalized spacial score (nSPS) is 10.7. The third-order valence-electron chi connectivity index (χ3n) is 2.75. The number of aliphatic hydroxyl groups is 1. The van der Waals surface area contributed by atoms with E-state index in [1.807, 2.05) is 0 Å². The monoisotopic (exact) mass is 268 g/mol. The van der Waals surface area contributed by atoms with Crippen molar-refractivity contribution < 1.29 is 19.7 Å². The number of rotatable bonds is 3. The van der Waals surface area contributed by atoms with Gasteiger partial charge in [-0.15, -0.1) is 0 Å². The van der Waals surface area contributed by atoms with Crippen LogP contribution in [-0.4, -0.2) is 24.4 Å². The van der Waals surface area contributed by atoms with Crippen molar-refractivity contribution in [3.8, 4) is 17.2 Å². The average molecular weight is 269 g/mol. The molecule has 0 aliphatic heterocycles. The minimum atomic E-state index is -0.169. The highest BCUT2D eigenvalue weighted by molar-refractivity contribution is 6.33. The van der Waals surface area contributed by atoms with Gasteiger partial charge in [0.1, 0.15) is 17.2 Å². The molecule has 5 heteroatoms. The number of aromatic hydroxyl groups is 1. The summed E-state index contributed by atoms with van der Waals surface area (Å²) in [4.78, 5) is 0. The van der Waals surface area contributed by atoms with Crippen LogP contribution >= 0.6 is 11.6 Å². The summed E-state index contributed by atoms with van der Waals surface area (Å²) in [5.74, 6) is 0.894. The fourth-order valence-electron chi connectivity index (χ4n) is 1.96. The van der Waals surface area contributed by atoms with Crippen LogP contribution in [0.25, 0.3) is 10.8 Å². The summed E-state index contributed by atoms with van der Waals surface area (Å²) < 4.78 is 10.4. The zero-order valence-corrected chi connectivity index (χ0v) is 10.8. The third kappa shape index (κ3) is 1.94. The Balaban J connectivity index is 2.92. The van der Waals surface area contributed by atoms with Gasteiger partial charge in [0.25, 0.3) is 0 Å². The van der Waals surface area contributed by atoms with Crippen LogP contribution in [0.15, 0.2) is 18.2 Å². The molecule has 0 aromatic heterocycles. The quantitative estimate of drug-likeness (QED) is 0.899. The van der Waals surface area contributed by atoms with Crippen LogP contribution in [0, 0.1) is 0 Å². The molecule has 96 valence electrons. The first-order valence-electron chi connectivity index (χ1n) is 5.29. The minimum absolute atomic E-state index is 0.00537. The molecule has 0 fully saturated rings. The third-order valence-corrected chi connectivity index (χ3v) is 3.03. The molecular weight excluding hydrogens is 256 g/mol. The van der Waals surface area contributed by atoms with Crippen LogP contribution in [0.1, 0.15) is 5.56 Å². The van der Waals surface area contributed by atoms with Gasteiger partial charge in [0.05, 0.1) is 31.2 Å². The fourth-order valence-corrected chi connectivity index (χ4v) is 2.23. The Kier molecular flexibility index (Phi) is 3.50. The lowest BCUT2D eigenvalue weighted by molar-refractivity contribution is 0.281. The minimum Gasteiger partial charge on any atom is -0.507 e. The molecule has 2 aromatic rings. The van der Waals surface area contributed by atoms with Gasteiger partial charge in [-0.3, -0.25) is 0 Å². The Morgan fingerprint density at radius 1 is 1.17 bits per heavy atom. The Bertz CT molecular complexity index is 595. The number of phenolic OH excluding ortho intramolecular Hbond substituents is 1. The average Bonchev–Trinajstić information content (AvgIpc) is 2.38. The fraction of sp³-hybridized carbons (Fsp3) is 0.231. The molecule has 0 aliphatic carbocycles. The van der Waals surface area contributed by atoms with E-state index in [4.69, 9.17) is 26.2 Å². The van der Waals surface area contributed by atoms with Crippen molar-refractivity contribution >= 4 is 22.4 Å². The lowest BCUT2D eigenvalue weighted by atomic mass is 10.0. The van der Waals surface area contributed by atoms with Crippen molar-refractivity contribution in [3.63, 3.8) is 0 Å². The van der Waals surface area contributed by atoms with Crippen molar-refractivity contribution in [3.05, 3.63) is 28.8 Å². The van der Waals surface area contributed by atoms with Crippen molar-refractivity contribution in [2.75, 3.05) is 14.2 Å². The van der Waals surface area contributed by atoms with E-state index in [1.165, 1.54) is 20.3 Å². The molecule has 4 nitrogen and oxygen atoms in total. The summed E-state index contributed by atoms with van der Waals surface area (Å²) in [6.45, 7) is -0.169. The predicted octanol–water partition coefficient (Wildman–Crippen LogP) is 2.71. The molecule has 0 bridgehead atoms. The van der Waals surface area contributed by atoms with Gasteiger partial charge >= 0.3 is 0 Å². The van der Waals surface area contributed by atoms with E-state index in [9.17, 15) is 5.11 Å². The number of hydrogen-bond donors (Lipinski definition) is 2. The molecule has 0 amide bonds. The topological polar surface area (TPSA) is 58.9 Å². The van der Waals surface area contributed by atoms with Gasteiger partial charge in [-0.2, -0.15) is 0 Å². The number of methoxy groups -OCH3 is 2. The Hall–Kier alpha value is -1.65. The van der Waals surface area contributed by atoms with Crippen LogP contribution < -0.4 is 9.47 Å². The molecule has 2 rings (SSSR count). The van der Waals surface area contributed by atoms with Gasteiger partial charge < -0.3 is 19.7 Å². The zero-order chi connectivity index (χ0) is 13.3. The maximum atomic E-state index is 10.0. The van der Waals surface area contributed by atoms with E-state index < -0.39 is 0 Å². The van der Waals surface area contributed by atoms with E-state index in [1.54, 1.807) is 12.1 Å². The van der Waals surface area contributed by atoms with Gasteiger partial charge in [-0.05, 0) is 17.7 Å². The smallest absolute Gasteiger partial charge is 0.149 e. The lowest BCUT2D eigenvalue weighted by Crippen LogP contribution is -1.93. The van der Waals surface area contributed by atoms with Gasteiger partial charge in [0.2, 0.25) is 0 Å². The first kappa shape index (κ1) is 12.8. The van der Waals surface area contributed by atoms with Crippen LogP contribution in [0.5, 0.6) is 17.2 Å². The number of benzene rings is 2. The summed E-state index contributed by atoms with van der Waals surface area (Å²) in [5, 5.41) is 20.7. The summed E-state index contributed by atoms with van der Waals surface area (Å²) in [6.07, 6.45) is 0. The second kappa shape index (κ2) is 4.92. The summed E-state index contributed by atoms with van der Waals surface area (Å²) in [5.41, 5.74) is 0.586. The molecule has 0 atom stereocenters. The summed E-state index contributed by atoms with van der Waals surface area (Å²) >= 11 is 6.07. The maximum Gasteiger partial charge on any atom is 0.149 e. The van der Waals surface area contributed by atoms with E-state index in [0.717, 1.165) is 0 Å². The largest absolute Gasteiger partial charge is 0.507 e. The highest BCUT2D eigenvalue weighted by Gasteiger charge is 2.16. The van der Waals surface area contributed by atoms with Crippen molar-refractivity contribution in [1.29, 1.82) is 0 Å². The molecule has 0 spiro atoms. The molecule has 18 heavy (non-hydrogen) atoms. The van der Waals surface area contributed by atoms with E-state index in [-0.39, 0.29) is 12.4 Å². The van der Waals surface area contributed by atoms with E-state index >= 15 is 0 Å². The molecule has 0 radical (unpaired) electrons. The molecular formula is C13H13ClO4. The number of ether oxygens (including phenoxy) is 2. The molecule has 0 heterocycles. The summed E-state index contributed by atoms with van der Waals surface area (Å²) in [7, 11) is 2.99. The number of halogens is 1. The first-order valence-corrected chi connectivity index (χ1v) is 5.67. The van der Waals surface area contributed by atoms with Crippen molar-refractivity contribution in [1.82, 2.24) is 0 Å². The highest BCUT2D eigenvalue weighted by Crippen LogP contribution is 2.44. The second-order valence-corrected chi connectivity index (χ2v) is 4.20. The molecule has 0 saturated carbocycles.